The molecule has 2 amide bonds. The topological polar surface area (TPSA) is 82.0 Å². The van der Waals surface area contributed by atoms with Crippen molar-refractivity contribution in [2.24, 2.45) is 0 Å². The smallest absolute Gasteiger partial charge is 0.251 e. The van der Waals surface area contributed by atoms with Gasteiger partial charge in [-0.2, -0.15) is 17.0 Å². The van der Waals surface area contributed by atoms with Gasteiger partial charge in [0, 0.05) is 17.1 Å². The second-order valence-corrected chi connectivity index (χ2v) is 6.80. The van der Waals surface area contributed by atoms with E-state index >= 15 is 0 Å². The van der Waals surface area contributed by atoms with Crippen molar-refractivity contribution < 1.29 is 9.59 Å². The van der Waals surface area contributed by atoms with Crippen LogP contribution in [0, 0.1) is 18.3 Å². The molecule has 0 bridgehead atoms. The largest absolute Gasteiger partial charge is 0.341 e. The molecule has 5 nitrogen and oxygen atoms in total. The number of thioether (sulfide) groups is 1. The van der Waals surface area contributed by atoms with Crippen LogP contribution < -0.4 is 10.6 Å². The summed E-state index contributed by atoms with van der Waals surface area (Å²) in [7, 11) is 0. The maximum absolute atomic E-state index is 12.3. The highest BCUT2D eigenvalue weighted by Gasteiger charge is 2.21. The third-order valence-electron chi connectivity index (χ3n) is 3.67. The molecule has 2 rings (SSSR count). The summed E-state index contributed by atoms with van der Waals surface area (Å²) in [5, 5.41) is 13.9. The minimum Gasteiger partial charge on any atom is -0.341 e. The Morgan fingerprint density at radius 1 is 1.12 bits per heavy atom. The van der Waals surface area contributed by atoms with E-state index in [2.05, 4.69) is 22.8 Å². The van der Waals surface area contributed by atoms with Gasteiger partial charge in [0.25, 0.3) is 5.91 Å². The molecule has 0 heterocycles. The summed E-state index contributed by atoms with van der Waals surface area (Å²) in [4.78, 5) is 24.6. The molecular weight excluding hydrogens is 346 g/mol. The summed E-state index contributed by atoms with van der Waals surface area (Å²) in [6, 6.07) is 18.1. The van der Waals surface area contributed by atoms with Crippen molar-refractivity contribution in [3.8, 4) is 6.07 Å². The van der Waals surface area contributed by atoms with Gasteiger partial charge in [-0.3, -0.25) is 9.59 Å². The lowest BCUT2D eigenvalue weighted by Gasteiger charge is -2.17. The van der Waals surface area contributed by atoms with Crippen molar-refractivity contribution in [1.29, 1.82) is 5.26 Å². The number of nitrogens with one attached hydrogen (secondary N) is 2. The quantitative estimate of drug-likeness (QED) is 0.703. The van der Waals surface area contributed by atoms with Crippen molar-refractivity contribution >= 4 is 23.6 Å². The first-order valence-electron chi connectivity index (χ1n) is 8.24. The van der Waals surface area contributed by atoms with Gasteiger partial charge in [-0.15, -0.1) is 0 Å². The van der Waals surface area contributed by atoms with Crippen LogP contribution in [0.1, 0.15) is 21.5 Å². The first kappa shape index (κ1) is 19.5. The van der Waals surface area contributed by atoms with E-state index in [1.807, 2.05) is 31.2 Å². The standard InChI is InChI=1S/C20H21N3O2S/c1-15-7-9-16(10-8-15)13-26-14-18(20(25)22-12-11-21)23-19(24)17-5-3-2-4-6-17/h2-10,18H,12-14H2,1H3,(H,22,25)(H,23,24)/t18-/m0/s1. The summed E-state index contributed by atoms with van der Waals surface area (Å²) in [5.41, 5.74) is 2.85. The number of aryl methyl sites for hydroxylation is 1. The number of hydrogen-bond donors (Lipinski definition) is 2. The van der Waals surface area contributed by atoms with Crippen LogP contribution in [0.15, 0.2) is 54.6 Å². The first-order valence-corrected chi connectivity index (χ1v) is 9.39. The number of carbonyl (C=O) groups is 2. The number of amides is 2. The molecule has 0 aliphatic heterocycles. The predicted molar refractivity (Wildman–Crippen MR) is 104 cm³/mol. The monoisotopic (exact) mass is 367 g/mol. The van der Waals surface area contributed by atoms with Gasteiger partial charge in [0.05, 0.1) is 6.07 Å². The van der Waals surface area contributed by atoms with E-state index in [4.69, 9.17) is 5.26 Å². The van der Waals surface area contributed by atoms with Gasteiger partial charge >= 0.3 is 0 Å². The van der Waals surface area contributed by atoms with E-state index in [1.165, 1.54) is 5.56 Å². The van der Waals surface area contributed by atoms with Gasteiger partial charge in [0.2, 0.25) is 5.91 Å². The second kappa shape index (κ2) is 10.3. The molecule has 2 N–H and O–H groups in total. The van der Waals surface area contributed by atoms with Gasteiger partial charge < -0.3 is 10.6 Å². The zero-order valence-electron chi connectivity index (χ0n) is 14.6. The summed E-state index contributed by atoms with van der Waals surface area (Å²) in [6.45, 7) is 1.95. The lowest BCUT2D eigenvalue weighted by atomic mass is 10.2. The Hall–Kier alpha value is -2.78. The minimum absolute atomic E-state index is 0.0842. The summed E-state index contributed by atoms with van der Waals surface area (Å²) < 4.78 is 0. The number of rotatable bonds is 8. The van der Waals surface area contributed by atoms with Crippen molar-refractivity contribution in [3.63, 3.8) is 0 Å². The maximum Gasteiger partial charge on any atom is 0.251 e. The van der Waals surface area contributed by atoms with Crippen LogP contribution in [0.5, 0.6) is 0 Å². The molecular formula is C20H21N3O2S. The summed E-state index contributed by atoms with van der Waals surface area (Å²) >= 11 is 1.56. The number of nitriles is 1. The molecule has 0 radical (unpaired) electrons. The average Bonchev–Trinajstić information content (AvgIpc) is 2.67. The van der Waals surface area contributed by atoms with Crippen LogP contribution in [0.25, 0.3) is 0 Å². The van der Waals surface area contributed by atoms with E-state index in [0.717, 1.165) is 11.3 Å². The molecule has 0 aliphatic rings. The van der Waals surface area contributed by atoms with E-state index in [-0.39, 0.29) is 18.4 Å². The normalized spacial score (nSPS) is 11.2. The van der Waals surface area contributed by atoms with Gasteiger partial charge in [-0.25, -0.2) is 0 Å². The number of carbonyl (C=O) groups excluding carboxylic acids is 2. The highest BCUT2D eigenvalue weighted by Crippen LogP contribution is 2.14. The van der Waals surface area contributed by atoms with Crippen LogP contribution in [0.4, 0.5) is 0 Å². The van der Waals surface area contributed by atoms with Crippen LogP contribution >= 0.6 is 11.8 Å². The molecule has 2 aromatic carbocycles. The fourth-order valence-electron chi connectivity index (χ4n) is 2.24. The van der Waals surface area contributed by atoms with E-state index in [9.17, 15) is 9.59 Å². The third-order valence-corrected chi connectivity index (χ3v) is 4.78. The van der Waals surface area contributed by atoms with Gasteiger partial charge in [-0.05, 0) is 24.6 Å². The van der Waals surface area contributed by atoms with E-state index in [0.29, 0.717) is 11.3 Å². The van der Waals surface area contributed by atoms with Crippen LogP contribution in [0.2, 0.25) is 0 Å². The fourth-order valence-corrected chi connectivity index (χ4v) is 3.26. The zero-order valence-corrected chi connectivity index (χ0v) is 15.4. The molecule has 0 spiro atoms. The Morgan fingerprint density at radius 2 is 1.81 bits per heavy atom. The van der Waals surface area contributed by atoms with Gasteiger partial charge in [0.15, 0.2) is 0 Å². The Labute approximate surface area is 157 Å². The highest BCUT2D eigenvalue weighted by atomic mass is 32.2. The second-order valence-electron chi connectivity index (χ2n) is 5.77. The molecule has 0 aliphatic carbocycles. The maximum atomic E-state index is 12.3. The van der Waals surface area contributed by atoms with Crippen LogP contribution in [0.3, 0.4) is 0 Å². The summed E-state index contributed by atoms with van der Waals surface area (Å²) in [5.74, 6) is 0.499. The van der Waals surface area contributed by atoms with Crippen molar-refractivity contribution in [2.45, 2.75) is 18.7 Å². The average molecular weight is 367 g/mol. The molecule has 134 valence electrons. The summed E-state index contributed by atoms with van der Waals surface area (Å²) in [6.07, 6.45) is 0. The minimum atomic E-state index is -0.702. The molecule has 0 saturated heterocycles. The SMILES string of the molecule is Cc1ccc(CSC[C@H](NC(=O)c2ccccc2)C(=O)NCC#N)cc1. The fraction of sp³-hybridized carbons (Fsp3) is 0.250. The van der Waals surface area contributed by atoms with E-state index in [1.54, 1.807) is 36.0 Å². The lowest BCUT2D eigenvalue weighted by molar-refractivity contribution is -0.122. The number of benzene rings is 2. The number of nitrogens with zero attached hydrogens (tertiary/aromatic N) is 1. The molecule has 0 fully saturated rings. The molecule has 2 aromatic rings. The zero-order chi connectivity index (χ0) is 18.8. The van der Waals surface area contributed by atoms with Crippen molar-refractivity contribution in [1.82, 2.24) is 10.6 Å². The van der Waals surface area contributed by atoms with Crippen molar-refractivity contribution in [2.75, 3.05) is 12.3 Å². The Balaban J connectivity index is 1.96. The number of hydrogen-bond acceptors (Lipinski definition) is 4. The molecule has 1 atom stereocenters. The first-order chi connectivity index (χ1) is 12.6. The predicted octanol–water partition coefficient (Wildman–Crippen LogP) is 2.67. The molecule has 0 unspecified atom stereocenters. The Kier molecular flexibility index (Phi) is 7.72. The molecule has 0 aromatic heterocycles. The highest BCUT2D eigenvalue weighted by molar-refractivity contribution is 7.98. The Morgan fingerprint density at radius 3 is 2.46 bits per heavy atom. The molecule has 26 heavy (non-hydrogen) atoms. The third kappa shape index (κ3) is 6.26. The molecule has 0 saturated carbocycles. The Bertz CT molecular complexity index is 770. The lowest BCUT2D eigenvalue weighted by Crippen LogP contribution is -2.48. The van der Waals surface area contributed by atoms with E-state index < -0.39 is 6.04 Å². The van der Waals surface area contributed by atoms with Gasteiger partial charge in [-0.1, -0.05) is 48.0 Å². The van der Waals surface area contributed by atoms with Gasteiger partial charge in [0.1, 0.15) is 12.6 Å². The molecule has 6 heteroatoms. The van der Waals surface area contributed by atoms with Crippen molar-refractivity contribution in [3.05, 3.63) is 71.3 Å². The van der Waals surface area contributed by atoms with Crippen LogP contribution in [-0.4, -0.2) is 30.2 Å². The van der Waals surface area contributed by atoms with Crippen LogP contribution in [-0.2, 0) is 10.5 Å².